The van der Waals surface area contributed by atoms with Crippen LogP contribution in [0.4, 0.5) is 0 Å². The van der Waals surface area contributed by atoms with E-state index in [-0.39, 0.29) is 30.7 Å². The van der Waals surface area contributed by atoms with Crippen molar-refractivity contribution in [1.29, 1.82) is 0 Å². The third-order valence-corrected chi connectivity index (χ3v) is 3.30. The van der Waals surface area contributed by atoms with Crippen molar-refractivity contribution in [3.8, 4) is 5.75 Å². The molecule has 2 rings (SSSR count). The Balaban J connectivity index is 0.00000312. The fourth-order valence-corrected chi connectivity index (χ4v) is 2.01. The Hall–Kier alpha value is -1.86. The summed E-state index contributed by atoms with van der Waals surface area (Å²) in [7, 11) is 1.66. The number of ether oxygens (including phenoxy) is 2. The summed E-state index contributed by atoms with van der Waals surface area (Å²) in [5.74, 6) is 0.609. The van der Waals surface area contributed by atoms with Gasteiger partial charge in [-0.3, -0.25) is 9.78 Å². The van der Waals surface area contributed by atoms with Crippen molar-refractivity contribution < 1.29 is 14.3 Å². The summed E-state index contributed by atoms with van der Waals surface area (Å²) < 4.78 is 10.6. The van der Waals surface area contributed by atoms with Crippen molar-refractivity contribution in [3.63, 3.8) is 0 Å². The highest BCUT2D eigenvalue weighted by Crippen LogP contribution is 2.13. The van der Waals surface area contributed by atoms with Crippen molar-refractivity contribution in [2.75, 3.05) is 33.4 Å². The number of nitrogens with one attached hydrogen (secondary N) is 2. The van der Waals surface area contributed by atoms with Gasteiger partial charge in [-0.1, -0.05) is 6.07 Å². The Morgan fingerprint density at radius 3 is 2.46 bits per heavy atom. The maximum Gasteiger partial charge on any atom is 0.251 e. The lowest BCUT2D eigenvalue weighted by Gasteiger charge is -2.08. The van der Waals surface area contributed by atoms with Crippen molar-refractivity contribution in [2.45, 2.75) is 6.61 Å². The molecule has 1 aromatic heterocycles. The van der Waals surface area contributed by atoms with Gasteiger partial charge >= 0.3 is 0 Å². The molecule has 0 aliphatic heterocycles. The van der Waals surface area contributed by atoms with Crippen molar-refractivity contribution >= 4 is 30.7 Å². The van der Waals surface area contributed by atoms with Crippen LogP contribution < -0.4 is 15.4 Å². The number of nitrogens with zero attached hydrogens (tertiary/aromatic N) is 1. The molecule has 26 heavy (non-hydrogen) atoms. The molecule has 2 aromatic rings. The van der Waals surface area contributed by atoms with Crippen LogP contribution in [-0.4, -0.2) is 44.2 Å². The predicted molar refractivity (Wildman–Crippen MR) is 107 cm³/mol. The van der Waals surface area contributed by atoms with Gasteiger partial charge in [0.1, 0.15) is 12.4 Å². The summed E-state index contributed by atoms with van der Waals surface area (Å²) in [6.07, 6.45) is 1.73. The fraction of sp³-hybridized carbons (Fsp3) is 0.333. The van der Waals surface area contributed by atoms with Crippen LogP contribution in [0.1, 0.15) is 16.1 Å². The molecule has 0 atom stereocenters. The zero-order valence-corrected chi connectivity index (χ0v) is 16.3. The number of carbonyl (C=O) groups is 1. The molecule has 0 bridgehead atoms. The second-order valence-electron chi connectivity index (χ2n) is 5.13. The molecular formula is C18H25Cl2N3O3. The van der Waals surface area contributed by atoms with Gasteiger partial charge in [-0.2, -0.15) is 0 Å². The molecule has 1 heterocycles. The molecule has 2 N–H and O–H groups in total. The molecule has 0 spiro atoms. The summed E-state index contributed by atoms with van der Waals surface area (Å²) >= 11 is 0. The molecule has 144 valence electrons. The molecule has 0 aliphatic carbocycles. The maximum atomic E-state index is 12.0. The van der Waals surface area contributed by atoms with E-state index in [1.807, 2.05) is 18.2 Å². The average molecular weight is 402 g/mol. The number of hydrogen-bond acceptors (Lipinski definition) is 5. The number of amides is 1. The predicted octanol–water partition coefficient (Wildman–Crippen LogP) is 2.47. The van der Waals surface area contributed by atoms with Crippen LogP contribution in [0.3, 0.4) is 0 Å². The lowest BCUT2D eigenvalue weighted by molar-refractivity contribution is 0.0953. The molecule has 0 aliphatic rings. The van der Waals surface area contributed by atoms with Crippen molar-refractivity contribution in [1.82, 2.24) is 15.6 Å². The highest BCUT2D eigenvalue weighted by Gasteiger charge is 2.05. The number of benzene rings is 1. The number of hydrogen-bond donors (Lipinski definition) is 2. The van der Waals surface area contributed by atoms with Gasteiger partial charge in [-0.25, -0.2) is 0 Å². The van der Waals surface area contributed by atoms with E-state index < -0.39 is 0 Å². The standard InChI is InChI=1S/C18H23N3O3.2ClH/c1-23-13-12-19-10-11-21-18(22)15-5-7-17(8-6-15)24-14-16-4-2-3-9-20-16;;/h2-9,19H,10-14H2,1H3,(H,21,22);2*1H. The van der Waals surface area contributed by atoms with E-state index in [1.54, 1.807) is 37.6 Å². The van der Waals surface area contributed by atoms with Gasteiger partial charge in [0.2, 0.25) is 0 Å². The minimum absolute atomic E-state index is 0. The minimum atomic E-state index is -0.0974. The second-order valence-corrected chi connectivity index (χ2v) is 5.13. The summed E-state index contributed by atoms with van der Waals surface area (Å²) in [4.78, 5) is 16.2. The highest BCUT2D eigenvalue weighted by molar-refractivity contribution is 5.94. The molecule has 1 amide bonds. The molecule has 0 radical (unpaired) electrons. The van der Waals surface area contributed by atoms with E-state index >= 15 is 0 Å². The summed E-state index contributed by atoms with van der Waals surface area (Å²) in [5.41, 5.74) is 1.47. The van der Waals surface area contributed by atoms with Crippen LogP contribution >= 0.6 is 24.8 Å². The smallest absolute Gasteiger partial charge is 0.251 e. The van der Waals surface area contributed by atoms with Gasteiger partial charge in [0.25, 0.3) is 5.91 Å². The molecule has 0 saturated carbocycles. The Morgan fingerprint density at radius 1 is 1.04 bits per heavy atom. The Kier molecular flexibility index (Phi) is 13.3. The number of carbonyl (C=O) groups excluding carboxylic acids is 1. The number of pyridine rings is 1. The van der Waals surface area contributed by atoms with E-state index in [0.717, 1.165) is 12.2 Å². The lowest BCUT2D eigenvalue weighted by atomic mass is 10.2. The SMILES string of the molecule is COCCNCCNC(=O)c1ccc(OCc2ccccn2)cc1.Cl.Cl. The van der Waals surface area contributed by atoms with Crippen LogP contribution in [-0.2, 0) is 11.3 Å². The van der Waals surface area contributed by atoms with Crippen molar-refractivity contribution in [2.24, 2.45) is 0 Å². The molecule has 0 saturated heterocycles. The van der Waals surface area contributed by atoms with Gasteiger partial charge in [0, 0.05) is 38.5 Å². The van der Waals surface area contributed by atoms with Gasteiger partial charge in [0.15, 0.2) is 0 Å². The van der Waals surface area contributed by atoms with Crippen LogP contribution in [0.5, 0.6) is 5.75 Å². The quantitative estimate of drug-likeness (QED) is 0.598. The first kappa shape index (κ1) is 24.1. The molecule has 6 nitrogen and oxygen atoms in total. The lowest BCUT2D eigenvalue weighted by Crippen LogP contribution is -2.33. The number of aromatic nitrogens is 1. The fourth-order valence-electron chi connectivity index (χ4n) is 2.01. The minimum Gasteiger partial charge on any atom is -0.487 e. The van der Waals surface area contributed by atoms with E-state index in [0.29, 0.717) is 37.6 Å². The van der Waals surface area contributed by atoms with Crippen LogP contribution in [0.25, 0.3) is 0 Å². The monoisotopic (exact) mass is 401 g/mol. The van der Waals surface area contributed by atoms with Gasteiger partial charge in [-0.05, 0) is 36.4 Å². The number of halogens is 2. The molecular weight excluding hydrogens is 377 g/mol. The van der Waals surface area contributed by atoms with E-state index in [9.17, 15) is 4.79 Å². The zero-order chi connectivity index (χ0) is 17.0. The van der Waals surface area contributed by atoms with E-state index in [2.05, 4.69) is 15.6 Å². The summed E-state index contributed by atoms with van der Waals surface area (Å²) in [6.45, 7) is 3.11. The van der Waals surface area contributed by atoms with Gasteiger partial charge in [-0.15, -0.1) is 24.8 Å². The third kappa shape index (κ3) is 9.01. The summed E-state index contributed by atoms with van der Waals surface area (Å²) in [6, 6.07) is 12.8. The first-order valence-corrected chi connectivity index (χ1v) is 7.90. The van der Waals surface area contributed by atoms with E-state index in [4.69, 9.17) is 9.47 Å². The largest absolute Gasteiger partial charge is 0.487 e. The zero-order valence-electron chi connectivity index (χ0n) is 14.6. The molecule has 1 aromatic carbocycles. The Bertz CT molecular complexity index is 613. The van der Waals surface area contributed by atoms with Crippen molar-refractivity contribution in [3.05, 3.63) is 59.9 Å². The molecule has 8 heteroatoms. The van der Waals surface area contributed by atoms with Crippen LogP contribution in [0.15, 0.2) is 48.7 Å². The first-order chi connectivity index (χ1) is 11.8. The van der Waals surface area contributed by atoms with Crippen LogP contribution in [0, 0.1) is 0 Å². The Morgan fingerprint density at radius 2 is 1.81 bits per heavy atom. The van der Waals surface area contributed by atoms with Gasteiger partial charge < -0.3 is 20.1 Å². The first-order valence-electron chi connectivity index (χ1n) is 7.90. The highest BCUT2D eigenvalue weighted by atomic mass is 35.5. The maximum absolute atomic E-state index is 12.0. The Labute approximate surface area is 166 Å². The number of methoxy groups -OCH3 is 1. The van der Waals surface area contributed by atoms with Gasteiger partial charge in [0.05, 0.1) is 12.3 Å². The topological polar surface area (TPSA) is 72.5 Å². The number of rotatable bonds is 10. The summed E-state index contributed by atoms with van der Waals surface area (Å²) in [5, 5.41) is 6.03. The second kappa shape index (κ2) is 14.3. The average Bonchev–Trinajstić information content (AvgIpc) is 2.64. The van der Waals surface area contributed by atoms with E-state index in [1.165, 1.54) is 0 Å². The third-order valence-electron chi connectivity index (χ3n) is 3.30. The van der Waals surface area contributed by atoms with Crippen LogP contribution in [0.2, 0.25) is 0 Å². The normalized spacial score (nSPS) is 9.58. The molecule has 0 fully saturated rings. The molecule has 0 unspecified atom stereocenters.